The Hall–Kier alpha value is -1.66. The van der Waals surface area contributed by atoms with Gasteiger partial charge in [-0.1, -0.05) is 0 Å². The molecule has 0 aromatic carbocycles. The molecule has 0 bridgehead atoms. The Kier molecular flexibility index (Phi) is 4.67. The maximum Gasteiger partial charge on any atom is 0.228 e. The van der Waals surface area contributed by atoms with E-state index in [1.807, 2.05) is 18.3 Å². The molecule has 0 spiro atoms. The highest BCUT2D eigenvalue weighted by atomic mass is 16.5. The first-order chi connectivity index (χ1) is 10.3. The molecule has 3 rings (SSSR count). The Morgan fingerprint density at radius 1 is 1.14 bits per heavy atom. The molecule has 0 unspecified atom stereocenters. The molecule has 2 aliphatic rings. The maximum atomic E-state index is 12.1. The van der Waals surface area contributed by atoms with Crippen LogP contribution in [0.25, 0.3) is 0 Å². The summed E-state index contributed by atoms with van der Waals surface area (Å²) in [7, 11) is 0. The van der Waals surface area contributed by atoms with Crippen LogP contribution >= 0.6 is 0 Å². The number of hydrogen-bond acceptors (Lipinski definition) is 5. The van der Waals surface area contributed by atoms with Crippen molar-refractivity contribution in [3.05, 3.63) is 18.3 Å². The summed E-state index contributed by atoms with van der Waals surface area (Å²) >= 11 is 0. The molecule has 1 amide bonds. The fourth-order valence-corrected chi connectivity index (χ4v) is 2.66. The molecular weight excluding hydrogens is 270 g/mol. The number of morpholine rings is 1. The average molecular weight is 291 g/mol. The summed E-state index contributed by atoms with van der Waals surface area (Å²) in [6.45, 7) is 4.61. The fraction of sp³-hybridized carbons (Fsp3) is 0.600. The molecule has 1 aromatic rings. The molecule has 2 fully saturated rings. The summed E-state index contributed by atoms with van der Waals surface area (Å²) in [6.07, 6.45) is 3.39. The van der Waals surface area contributed by atoms with Gasteiger partial charge in [0.25, 0.3) is 0 Å². The van der Waals surface area contributed by atoms with E-state index in [-0.39, 0.29) is 11.8 Å². The number of amides is 1. The molecule has 21 heavy (non-hydrogen) atoms. The van der Waals surface area contributed by atoms with Gasteiger partial charge in [-0.15, -0.1) is 0 Å². The molecule has 0 atom stereocenters. The summed E-state index contributed by atoms with van der Waals surface area (Å²) in [4.78, 5) is 18.7. The van der Waals surface area contributed by atoms with Crippen LogP contribution in [0.1, 0.15) is 12.8 Å². The van der Waals surface area contributed by atoms with Gasteiger partial charge in [-0.05, 0) is 25.0 Å². The highest BCUT2D eigenvalue weighted by Gasteiger charge is 2.21. The van der Waals surface area contributed by atoms with E-state index in [4.69, 9.17) is 9.47 Å². The third-order valence-electron chi connectivity index (χ3n) is 3.97. The minimum absolute atomic E-state index is 0.0412. The Labute approximate surface area is 124 Å². The lowest BCUT2D eigenvalue weighted by atomic mass is 9.99. The molecule has 114 valence electrons. The Balaban J connectivity index is 1.57. The summed E-state index contributed by atoms with van der Waals surface area (Å²) in [5.74, 6) is 0.702. The lowest BCUT2D eigenvalue weighted by Crippen LogP contribution is -2.36. The van der Waals surface area contributed by atoms with Crippen LogP contribution in [0, 0.1) is 5.92 Å². The van der Waals surface area contributed by atoms with Gasteiger partial charge in [-0.2, -0.15) is 0 Å². The van der Waals surface area contributed by atoms with Crippen molar-refractivity contribution in [1.82, 2.24) is 4.98 Å². The van der Waals surface area contributed by atoms with Crippen molar-refractivity contribution in [3.63, 3.8) is 0 Å². The van der Waals surface area contributed by atoms with Crippen LogP contribution in [0.2, 0.25) is 0 Å². The standard InChI is InChI=1S/C15H21N3O3/c19-15(12-3-7-20-8-4-12)17-14-2-1-13(11-16-14)18-5-9-21-10-6-18/h1-2,11-12H,3-10H2,(H,16,17,19). The molecule has 1 N–H and O–H groups in total. The lowest BCUT2D eigenvalue weighted by molar-refractivity contribution is -0.122. The largest absolute Gasteiger partial charge is 0.381 e. The van der Waals surface area contributed by atoms with Gasteiger partial charge in [-0.25, -0.2) is 4.98 Å². The van der Waals surface area contributed by atoms with Crippen LogP contribution in [0.15, 0.2) is 18.3 Å². The van der Waals surface area contributed by atoms with Crippen molar-refractivity contribution in [2.45, 2.75) is 12.8 Å². The van der Waals surface area contributed by atoms with Gasteiger partial charge >= 0.3 is 0 Å². The zero-order valence-corrected chi connectivity index (χ0v) is 12.1. The van der Waals surface area contributed by atoms with E-state index in [1.165, 1.54) is 0 Å². The summed E-state index contributed by atoms with van der Waals surface area (Å²) in [5.41, 5.74) is 1.07. The second-order valence-corrected chi connectivity index (χ2v) is 5.38. The molecule has 2 saturated heterocycles. The number of ether oxygens (including phenoxy) is 2. The molecular formula is C15H21N3O3. The van der Waals surface area contributed by atoms with Crippen LogP contribution in [0.3, 0.4) is 0 Å². The van der Waals surface area contributed by atoms with Crippen molar-refractivity contribution < 1.29 is 14.3 Å². The van der Waals surface area contributed by atoms with Gasteiger partial charge in [0, 0.05) is 32.2 Å². The normalized spacial score (nSPS) is 20.3. The van der Waals surface area contributed by atoms with Crippen LogP contribution < -0.4 is 10.2 Å². The lowest BCUT2D eigenvalue weighted by Gasteiger charge is -2.28. The van der Waals surface area contributed by atoms with Gasteiger partial charge in [0.2, 0.25) is 5.91 Å². The minimum atomic E-state index is 0.0412. The second kappa shape index (κ2) is 6.87. The van der Waals surface area contributed by atoms with E-state index >= 15 is 0 Å². The number of pyridine rings is 1. The van der Waals surface area contributed by atoms with Gasteiger partial charge in [0.05, 0.1) is 25.1 Å². The van der Waals surface area contributed by atoms with Gasteiger partial charge in [0.15, 0.2) is 0 Å². The predicted molar refractivity (Wildman–Crippen MR) is 79.4 cm³/mol. The third-order valence-corrected chi connectivity index (χ3v) is 3.97. The Morgan fingerprint density at radius 3 is 2.52 bits per heavy atom. The van der Waals surface area contributed by atoms with Gasteiger partial charge < -0.3 is 19.7 Å². The zero-order chi connectivity index (χ0) is 14.5. The first-order valence-corrected chi connectivity index (χ1v) is 7.50. The Bertz CT molecular complexity index is 466. The summed E-state index contributed by atoms with van der Waals surface area (Å²) < 4.78 is 10.6. The quantitative estimate of drug-likeness (QED) is 0.909. The third kappa shape index (κ3) is 3.71. The van der Waals surface area contributed by atoms with E-state index in [2.05, 4.69) is 15.2 Å². The van der Waals surface area contributed by atoms with E-state index in [9.17, 15) is 4.79 Å². The monoisotopic (exact) mass is 291 g/mol. The first kappa shape index (κ1) is 14.3. The van der Waals surface area contributed by atoms with Crippen LogP contribution in [0.5, 0.6) is 0 Å². The van der Waals surface area contributed by atoms with Crippen LogP contribution in [-0.4, -0.2) is 50.4 Å². The molecule has 6 heteroatoms. The molecule has 3 heterocycles. The summed E-state index contributed by atoms with van der Waals surface area (Å²) in [6, 6.07) is 3.86. The van der Waals surface area contributed by atoms with Gasteiger partial charge in [-0.3, -0.25) is 4.79 Å². The van der Waals surface area contributed by atoms with E-state index < -0.39 is 0 Å². The minimum Gasteiger partial charge on any atom is -0.381 e. The van der Waals surface area contributed by atoms with Crippen molar-refractivity contribution in [1.29, 1.82) is 0 Å². The zero-order valence-electron chi connectivity index (χ0n) is 12.1. The molecule has 2 aliphatic heterocycles. The SMILES string of the molecule is O=C(Nc1ccc(N2CCOCC2)cn1)C1CCOCC1. The van der Waals surface area contributed by atoms with Crippen LogP contribution in [0.4, 0.5) is 11.5 Å². The van der Waals surface area contributed by atoms with Crippen molar-refractivity contribution >= 4 is 17.4 Å². The van der Waals surface area contributed by atoms with E-state index in [0.29, 0.717) is 19.0 Å². The smallest absolute Gasteiger partial charge is 0.228 e. The molecule has 1 aromatic heterocycles. The van der Waals surface area contributed by atoms with Crippen molar-refractivity contribution in [3.8, 4) is 0 Å². The number of carbonyl (C=O) groups is 1. The van der Waals surface area contributed by atoms with E-state index in [0.717, 1.165) is 44.8 Å². The molecule has 6 nitrogen and oxygen atoms in total. The predicted octanol–water partition coefficient (Wildman–Crippen LogP) is 1.28. The maximum absolute atomic E-state index is 12.1. The van der Waals surface area contributed by atoms with Crippen molar-refractivity contribution in [2.24, 2.45) is 5.92 Å². The first-order valence-electron chi connectivity index (χ1n) is 7.50. The number of aromatic nitrogens is 1. The van der Waals surface area contributed by atoms with Crippen LogP contribution in [-0.2, 0) is 14.3 Å². The fourth-order valence-electron chi connectivity index (χ4n) is 2.66. The molecule has 0 saturated carbocycles. The van der Waals surface area contributed by atoms with E-state index in [1.54, 1.807) is 0 Å². The average Bonchev–Trinajstić information content (AvgIpc) is 2.57. The number of carbonyl (C=O) groups excluding carboxylic acids is 1. The van der Waals surface area contributed by atoms with Crippen molar-refractivity contribution in [2.75, 3.05) is 49.7 Å². The number of nitrogens with zero attached hydrogens (tertiary/aromatic N) is 2. The summed E-state index contributed by atoms with van der Waals surface area (Å²) in [5, 5.41) is 2.89. The second-order valence-electron chi connectivity index (χ2n) is 5.38. The number of nitrogens with one attached hydrogen (secondary N) is 1. The van der Waals surface area contributed by atoms with Gasteiger partial charge in [0.1, 0.15) is 5.82 Å². The highest BCUT2D eigenvalue weighted by Crippen LogP contribution is 2.19. The topological polar surface area (TPSA) is 63.7 Å². The number of anilines is 2. The molecule has 0 radical (unpaired) electrons. The highest BCUT2D eigenvalue weighted by molar-refractivity contribution is 5.91. The Morgan fingerprint density at radius 2 is 1.86 bits per heavy atom. The number of hydrogen-bond donors (Lipinski definition) is 1. The molecule has 0 aliphatic carbocycles. The number of rotatable bonds is 3.